The van der Waals surface area contributed by atoms with Crippen LogP contribution in [0.2, 0.25) is 0 Å². The lowest BCUT2D eigenvalue weighted by atomic mass is 10.3. The third-order valence-electron chi connectivity index (χ3n) is 2.58. The molecule has 0 heterocycles. The Hall–Kier alpha value is -1.10. The van der Waals surface area contributed by atoms with Crippen molar-refractivity contribution in [3.8, 4) is 0 Å². The highest BCUT2D eigenvalue weighted by atomic mass is 16.2. The van der Waals surface area contributed by atoms with Crippen molar-refractivity contribution >= 4 is 11.8 Å². The first-order valence-electron chi connectivity index (χ1n) is 5.79. The van der Waals surface area contributed by atoms with Crippen LogP contribution < -0.4 is 10.6 Å². The summed E-state index contributed by atoms with van der Waals surface area (Å²) in [6, 6.07) is -0.219. The summed E-state index contributed by atoms with van der Waals surface area (Å²) in [4.78, 5) is 24.7. The molecule has 0 aromatic carbocycles. The van der Waals surface area contributed by atoms with E-state index in [1.807, 2.05) is 13.8 Å². The maximum absolute atomic E-state index is 11.6. The topological polar surface area (TPSA) is 61.4 Å². The molecule has 0 aromatic rings. The Morgan fingerprint density at radius 1 is 1.25 bits per heavy atom. The monoisotopic (exact) mass is 229 g/mol. The van der Waals surface area contributed by atoms with E-state index in [1.165, 1.54) is 0 Å². The average molecular weight is 229 g/mol. The standard InChI is InChI=1S/C11H23N3O2/c1-5-14(6-2)10(15)7-8-13-11(16)9(3)12-4/h9,12H,5-8H2,1-4H3,(H,13,16). The Kier molecular flexibility index (Phi) is 7.54. The summed E-state index contributed by atoms with van der Waals surface area (Å²) in [7, 11) is 1.73. The molecule has 5 nitrogen and oxygen atoms in total. The molecule has 2 amide bonds. The van der Waals surface area contributed by atoms with Gasteiger partial charge in [0.15, 0.2) is 0 Å². The zero-order chi connectivity index (χ0) is 12.6. The first-order chi connectivity index (χ1) is 7.56. The molecule has 0 saturated carbocycles. The molecule has 2 N–H and O–H groups in total. The Bertz CT molecular complexity index is 227. The van der Waals surface area contributed by atoms with Crippen molar-refractivity contribution in [1.29, 1.82) is 0 Å². The van der Waals surface area contributed by atoms with Gasteiger partial charge in [-0.15, -0.1) is 0 Å². The Morgan fingerprint density at radius 3 is 2.25 bits per heavy atom. The Morgan fingerprint density at radius 2 is 1.81 bits per heavy atom. The molecule has 0 saturated heterocycles. The van der Waals surface area contributed by atoms with Gasteiger partial charge < -0.3 is 15.5 Å². The molecule has 0 bridgehead atoms. The number of rotatable bonds is 7. The summed E-state index contributed by atoms with van der Waals surface area (Å²) in [5, 5.41) is 5.56. The van der Waals surface area contributed by atoms with Crippen molar-refractivity contribution in [3.63, 3.8) is 0 Å². The molecule has 0 spiro atoms. The zero-order valence-corrected chi connectivity index (χ0v) is 10.7. The molecule has 1 atom stereocenters. The smallest absolute Gasteiger partial charge is 0.236 e. The van der Waals surface area contributed by atoms with E-state index in [0.717, 1.165) is 13.1 Å². The quantitative estimate of drug-likeness (QED) is 0.644. The summed E-state index contributed by atoms with van der Waals surface area (Å²) in [6.07, 6.45) is 0.365. The Labute approximate surface area is 97.6 Å². The van der Waals surface area contributed by atoms with Crippen LogP contribution in [0.5, 0.6) is 0 Å². The molecule has 16 heavy (non-hydrogen) atoms. The van der Waals surface area contributed by atoms with Crippen LogP contribution in [0.4, 0.5) is 0 Å². The largest absolute Gasteiger partial charge is 0.354 e. The predicted molar refractivity (Wildman–Crippen MR) is 64.1 cm³/mol. The summed E-state index contributed by atoms with van der Waals surface area (Å²) in [5.41, 5.74) is 0. The van der Waals surface area contributed by atoms with Crippen molar-refractivity contribution in [2.75, 3.05) is 26.7 Å². The SMILES string of the molecule is CCN(CC)C(=O)CCNC(=O)C(C)NC. The highest BCUT2D eigenvalue weighted by Gasteiger charge is 2.12. The van der Waals surface area contributed by atoms with Crippen molar-refractivity contribution in [2.45, 2.75) is 33.2 Å². The van der Waals surface area contributed by atoms with E-state index in [1.54, 1.807) is 18.9 Å². The van der Waals surface area contributed by atoms with Crippen LogP contribution in [0.1, 0.15) is 27.2 Å². The lowest BCUT2D eigenvalue weighted by Gasteiger charge is -2.19. The normalized spacial score (nSPS) is 12.0. The summed E-state index contributed by atoms with van der Waals surface area (Å²) in [5.74, 6) is 0.0113. The summed E-state index contributed by atoms with van der Waals surface area (Å²) < 4.78 is 0. The van der Waals surface area contributed by atoms with E-state index in [2.05, 4.69) is 10.6 Å². The van der Waals surface area contributed by atoms with E-state index >= 15 is 0 Å². The summed E-state index contributed by atoms with van der Waals surface area (Å²) >= 11 is 0. The van der Waals surface area contributed by atoms with Crippen LogP contribution in [0.3, 0.4) is 0 Å². The molecular formula is C11H23N3O2. The number of nitrogens with zero attached hydrogens (tertiary/aromatic N) is 1. The number of hydrogen-bond donors (Lipinski definition) is 2. The van der Waals surface area contributed by atoms with Gasteiger partial charge in [-0.2, -0.15) is 0 Å². The fraction of sp³-hybridized carbons (Fsp3) is 0.818. The van der Waals surface area contributed by atoms with E-state index in [4.69, 9.17) is 0 Å². The third kappa shape index (κ3) is 5.11. The number of amides is 2. The van der Waals surface area contributed by atoms with Crippen LogP contribution in [-0.2, 0) is 9.59 Å². The highest BCUT2D eigenvalue weighted by molar-refractivity contribution is 5.82. The minimum atomic E-state index is -0.219. The van der Waals surface area contributed by atoms with Gasteiger partial charge in [-0.3, -0.25) is 9.59 Å². The lowest BCUT2D eigenvalue weighted by molar-refractivity contribution is -0.130. The highest BCUT2D eigenvalue weighted by Crippen LogP contribution is 1.92. The zero-order valence-electron chi connectivity index (χ0n) is 10.7. The molecule has 0 aliphatic rings. The molecule has 5 heteroatoms. The van der Waals surface area contributed by atoms with Gasteiger partial charge in [0.25, 0.3) is 0 Å². The predicted octanol–water partition coefficient (Wildman–Crippen LogP) is -0.0310. The molecule has 0 aliphatic carbocycles. The third-order valence-corrected chi connectivity index (χ3v) is 2.58. The first kappa shape index (κ1) is 14.9. The van der Waals surface area contributed by atoms with Gasteiger partial charge >= 0.3 is 0 Å². The van der Waals surface area contributed by atoms with Crippen LogP contribution >= 0.6 is 0 Å². The van der Waals surface area contributed by atoms with Crippen LogP contribution in [0, 0.1) is 0 Å². The average Bonchev–Trinajstić information content (AvgIpc) is 2.29. The maximum Gasteiger partial charge on any atom is 0.236 e. The molecule has 0 radical (unpaired) electrons. The van der Waals surface area contributed by atoms with Crippen molar-refractivity contribution < 1.29 is 9.59 Å². The summed E-state index contributed by atoms with van der Waals surface area (Å²) in [6.45, 7) is 7.51. The lowest BCUT2D eigenvalue weighted by Crippen LogP contribution is -2.42. The van der Waals surface area contributed by atoms with E-state index in [9.17, 15) is 9.59 Å². The minimum Gasteiger partial charge on any atom is -0.354 e. The van der Waals surface area contributed by atoms with Gasteiger partial charge in [0.1, 0.15) is 0 Å². The number of carbonyl (C=O) groups excluding carboxylic acids is 2. The maximum atomic E-state index is 11.6. The van der Waals surface area contributed by atoms with Gasteiger partial charge in [0.2, 0.25) is 11.8 Å². The number of hydrogen-bond acceptors (Lipinski definition) is 3. The fourth-order valence-corrected chi connectivity index (χ4v) is 1.31. The van der Waals surface area contributed by atoms with Gasteiger partial charge in [-0.1, -0.05) is 0 Å². The van der Waals surface area contributed by atoms with E-state index < -0.39 is 0 Å². The van der Waals surface area contributed by atoms with Crippen LogP contribution in [0.15, 0.2) is 0 Å². The van der Waals surface area contributed by atoms with Crippen LogP contribution in [-0.4, -0.2) is 49.4 Å². The van der Waals surface area contributed by atoms with Gasteiger partial charge in [-0.05, 0) is 27.8 Å². The fourth-order valence-electron chi connectivity index (χ4n) is 1.31. The number of carbonyl (C=O) groups is 2. The first-order valence-corrected chi connectivity index (χ1v) is 5.79. The van der Waals surface area contributed by atoms with Crippen molar-refractivity contribution in [3.05, 3.63) is 0 Å². The molecule has 94 valence electrons. The van der Waals surface area contributed by atoms with Gasteiger partial charge in [0.05, 0.1) is 6.04 Å². The van der Waals surface area contributed by atoms with Crippen LogP contribution in [0.25, 0.3) is 0 Å². The number of likely N-dealkylation sites (N-methyl/N-ethyl adjacent to an activating group) is 1. The second-order valence-electron chi connectivity index (χ2n) is 3.62. The molecule has 0 rings (SSSR count). The molecule has 0 fully saturated rings. The van der Waals surface area contributed by atoms with Gasteiger partial charge in [-0.25, -0.2) is 0 Å². The molecular weight excluding hydrogens is 206 g/mol. The second kappa shape index (κ2) is 8.10. The molecule has 0 aliphatic heterocycles. The second-order valence-corrected chi connectivity index (χ2v) is 3.62. The van der Waals surface area contributed by atoms with Crippen molar-refractivity contribution in [2.24, 2.45) is 0 Å². The van der Waals surface area contributed by atoms with Crippen molar-refractivity contribution in [1.82, 2.24) is 15.5 Å². The van der Waals surface area contributed by atoms with E-state index in [-0.39, 0.29) is 17.9 Å². The van der Waals surface area contributed by atoms with E-state index in [0.29, 0.717) is 13.0 Å². The Balaban J connectivity index is 3.81. The number of nitrogens with one attached hydrogen (secondary N) is 2. The minimum absolute atomic E-state index is 0.0742. The molecule has 0 aromatic heterocycles. The molecule has 1 unspecified atom stereocenters. The van der Waals surface area contributed by atoms with Gasteiger partial charge in [0, 0.05) is 26.1 Å².